The molecule has 0 aliphatic carbocycles. The number of anilines is 2. The fourth-order valence-electron chi connectivity index (χ4n) is 3.58. The van der Waals surface area contributed by atoms with Gasteiger partial charge in [-0.25, -0.2) is 4.79 Å². The Kier molecular flexibility index (Phi) is 9.23. The molecule has 2 aromatic rings. The molecule has 1 atom stereocenters. The molecule has 186 valence electrons. The maximum absolute atomic E-state index is 12.5. The lowest BCUT2D eigenvalue weighted by molar-refractivity contribution is -0.151. The number of hydrogen-bond acceptors (Lipinski definition) is 7. The number of nitrogens with zero attached hydrogens (tertiary/aromatic N) is 1. The summed E-state index contributed by atoms with van der Waals surface area (Å²) in [6.07, 6.45) is 1.71. The van der Waals surface area contributed by atoms with Gasteiger partial charge in [-0.05, 0) is 49.7 Å². The van der Waals surface area contributed by atoms with Gasteiger partial charge in [0.15, 0.2) is 6.61 Å². The van der Waals surface area contributed by atoms with E-state index in [0.29, 0.717) is 35.9 Å². The molecule has 0 spiro atoms. The van der Waals surface area contributed by atoms with E-state index >= 15 is 0 Å². The van der Waals surface area contributed by atoms with Crippen LogP contribution in [0, 0.1) is 5.92 Å². The number of rotatable bonds is 11. The molecule has 0 aromatic heterocycles. The van der Waals surface area contributed by atoms with Gasteiger partial charge in [0.1, 0.15) is 5.75 Å². The number of amides is 2. The number of esters is 2. The van der Waals surface area contributed by atoms with E-state index in [9.17, 15) is 19.2 Å². The molecular formula is C26H30N2O7. The predicted octanol–water partition coefficient (Wildman–Crippen LogP) is 3.58. The average molecular weight is 483 g/mol. The van der Waals surface area contributed by atoms with Crippen molar-refractivity contribution in [2.75, 3.05) is 36.6 Å². The summed E-state index contributed by atoms with van der Waals surface area (Å²) < 4.78 is 15.8. The predicted molar refractivity (Wildman–Crippen MR) is 129 cm³/mol. The van der Waals surface area contributed by atoms with Crippen LogP contribution in [0.2, 0.25) is 0 Å². The molecular weight excluding hydrogens is 452 g/mol. The summed E-state index contributed by atoms with van der Waals surface area (Å²) in [5.74, 6) is -1.95. The molecule has 1 heterocycles. The molecule has 1 fully saturated rings. The smallest absolute Gasteiger partial charge is 0.338 e. The molecule has 9 nitrogen and oxygen atoms in total. The minimum Gasteiger partial charge on any atom is -0.492 e. The van der Waals surface area contributed by atoms with Crippen molar-refractivity contribution in [3.05, 3.63) is 54.1 Å². The Labute approximate surface area is 204 Å². The SMILES string of the molecule is CCCCOC(=O)c1ccc(N2C[C@H](C(=O)OCC(=O)Nc3ccccc3OCC)CC2=O)cc1. The summed E-state index contributed by atoms with van der Waals surface area (Å²) in [7, 11) is 0. The fraction of sp³-hybridized carbons (Fsp3) is 0.385. The molecule has 0 bridgehead atoms. The third kappa shape index (κ3) is 7.05. The van der Waals surface area contributed by atoms with Crippen LogP contribution in [0.4, 0.5) is 11.4 Å². The van der Waals surface area contributed by atoms with Crippen LogP contribution in [0.5, 0.6) is 5.75 Å². The van der Waals surface area contributed by atoms with Gasteiger partial charge in [-0.2, -0.15) is 0 Å². The zero-order chi connectivity index (χ0) is 25.2. The maximum atomic E-state index is 12.5. The second kappa shape index (κ2) is 12.5. The molecule has 1 aliphatic rings. The van der Waals surface area contributed by atoms with Crippen LogP contribution in [-0.2, 0) is 23.9 Å². The third-order valence-electron chi connectivity index (χ3n) is 5.41. The zero-order valence-electron chi connectivity index (χ0n) is 20.0. The largest absolute Gasteiger partial charge is 0.492 e. The van der Waals surface area contributed by atoms with Crippen molar-refractivity contribution < 1.29 is 33.4 Å². The molecule has 9 heteroatoms. The number of unbranched alkanes of at least 4 members (excludes halogenated alkanes) is 1. The van der Waals surface area contributed by atoms with Gasteiger partial charge in [0.05, 0.1) is 30.4 Å². The molecule has 0 saturated carbocycles. The van der Waals surface area contributed by atoms with E-state index in [0.717, 1.165) is 12.8 Å². The van der Waals surface area contributed by atoms with Crippen molar-refractivity contribution in [2.24, 2.45) is 5.92 Å². The Hall–Kier alpha value is -3.88. The molecule has 1 N–H and O–H groups in total. The number of benzene rings is 2. The minimum atomic E-state index is -0.690. The first kappa shape index (κ1) is 25.7. The first-order valence-corrected chi connectivity index (χ1v) is 11.7. The Morgan fingerprint density at radius 2 is 1.77 bits per heavy atom. The lowest BCUT2D eigenvalue weighted by Crippen LogP contribution is -2.28. The number of carbonyl (C=O) groups excluding carboxylic acids is 4. The van der Waals surface area contributed by atoms with E-state index in [1.165, 1.54) is 4.90 Å². The Morgan fingerprint density at radius 3 is 2.49 bits per heavy atom. The first-order valence-electron chi connectivity index (χ1n) is 11.7. The molecule has 35 heavy (non-hydrogen) atoms. The van der Waals surface area contributed by atoms with Crippen molar-refractivity contribution in [2.45, 2.75) is 33.1 Å². The van der Waals surface area contributed by atoms with Gasteiger partial charge in [0.25, 0.3) is 5.91 Å². The second-order valence-corrected chi connectivity index (χ2v) is 8.03. The van der Waals surface area contributed by atoms with Crippen LogP contribution in [0.3, 0.4) is 0 Å². The van der Waals surface area contributed by atoms with Gasteiger partial charge in [0, 0.05) is 18.7 Å². The molecule has 0 radical (unpaired) electrons. The molecule has 2 aromatic carbocycles. The van der Waals surface area contributed by atoms with Crippen molar-refractivity contribution >= 4 is 35.1 Å². The van der Waals surface area contributed by atoms with Gasteiger partial charge in [0.2, 0.25) is 5.91 Å². The highest BCUT2D eigenvalue weighted by Crippen LogP contribution is 2.27. The van der Waals surface area contributed by atoms with Crippen LogP contribution in [0.1, 0.15) is 43.5 Å². The minimum absolute atomic E-state index is 0.0194. The van der Waals surface area contributed by atoms with Crippen molar-refractivity contribution in [3.63, 3.8) is 0 Å². The molecule has 3 rings (SSSR count). The lowest BCUT2D eigenvalue weighted by Gasteiger charge is -2.17. The number of para-hydroxylation sites is 2. The number of nitrogens with one attached hydrogen (secondary N) is 1. The lowest BCUT2D eigenvalue weighted by atomic mass is 10.1. The topological polar surface area (TPSA) is 111 Å². The van der Waals surface area contributed by atoms with E-state index in [2.05, 4.69) is 5.32 Å². The summed E-state index contributed by atoms with van der Waals surface area (Å²) in [5.41, 5.74) is 1.44. The first-order chi connectivity index (χ1) is 16.9. The summed E-state index contributed by atoms with van der Waals surface area (Å²) in [4.78, 5) is 50.8. The van der Waals surface area contributed by atoms with E-state index in [4.69, 9.17) is 14.2 Å². The number of hydrogen-bond donors (Lipinski definition) is 1. The highest BCUT2D eigenvalue weighted by atomic mass is 16.5. The highest BCUT2D eigenvalue weighted by Gasteiger charge is 2.36. The van der Waals surface area contributed by atoms with Crippen molar-refractivity contribution in [1.82, 2.24) is 0 Å². The van der Waals surface area contributed by atoms with E-state index in [-0.39, 0.29) is 18.9 Å². The summed E-state index contributed by atoms with van der Waals surface area (Å²) in [6.45, 7) is 4.31. The van der Waals surface area contributed by atoms with E-state index in [1.807, 2.05) is 13.8 Å². The van der Waals surface area contributed by atoms with Gasteiger partial charge in [-0.1, -0.05) is 25.5 Å². The Bertz CT molecular complexity index is 1050. The summed E-state index contributed by atoms with van der Waals surface area (Å²) in [5, 5.41) is 2.66. The Balaban J connectivity index is 1.51. The average Bonchev–Trinajstić information content (AvgIpc) is 3.25. The van der Waals surface area contributed by atoms with Gasteiger partial charge in [-0.15, -0.1) is 0 Å². The van der Waals surface area contributed by atoms with Gasteiger partial charge >= 0.3 is 11.9 Å². The van der Waals surface area contributed by atoms with Crippen LogP contribution >= 0.6 is 0 Å². The molecule has 2 amide bonds. The summed E-state index contributed by atoms with van der Waals surface area (Å²) >= 11 is 0. The van der Waals surface area contributed by atoms with E-state index < -0.39 is 30.4 Å². The fourth-order valence-corrected chi connectivity index (χ4v) is 3.58. The van der Waals surface area contributed by atoms with Crippen LogP contribution < -0.4 is 15.0 Å². The number of ether oxygens (including phenoxy) is 3. The van der Waals surface area contributed by atoms with Crippen molar-refractivity contribution in [1.29, 1.82) is 0 Å². The molecule has 1 saturated heterocycles. The van der Waals surface area contributed by atoms with Gasteiger partial charge < -0.3 is 24.4 Å². The Morgan fingerprint density at radius 1 is 1.03 bits per heavy atom. The van der Waals surface area contributed by atoms with Crippen LogP contribution in [-0.4, -0.2) is 50.1 Å². The summed E-state index contributed by atoms with van der Waals surface area (Å²) in [6, 6.07) is 13.4. The van der Waals surface area contributed by atoms with Crippen molar-refractivity contribution in [3.8, 4) is 5.75 Å². The maximum Gasteiger partial charge on any atom is 0.338 e. The molecule has 0 unspecified atom stereocenters. The van der Waals surface area contributed by atoms with Crippen LogP contribution in [0.15, 0.2) is 48.5 Å². The molecule has 1 aliphatic heterocycles. The highest BCUT2D eigenvalue weighted by molar-refractivity contribution is 6.00. The normalized spacial score (nSPS) is 15.0. The zero-order valence-corrected chi connectivity index (χ0v) is 20.0. The second-order valence-electron chi connectivity index (χ2n) is 8.03. The van der Waals surface area contributed by atoms with Crippen LogP contribution in [0.25, 0.3) is 0 Å². The standard InChI is InChI=1S/C26H30N2O7/c1-3-5-14-34-25(31)18-10-12-20(13-11-18)28-16-19(15-24(28)30)26(32)35-17-23(29)27-21-8-6-7-9-22(21)33-4-2/h6-13,19H,3-5,14-17H2,1-2H3,(H,27,29)/t19-/m1/s1. The van der Waals surface area contributed by atoms with Gasteiger partial charge in [-0.3, -0.25) is 14.4 Å². The quantitative estimate of drug-likeness (QED) is 0.385. The van der Waals surface area contributed by atoms with E-state index in [1.54, 1.807) is 48.5 Å². The third-order valence-corrected chi connectivity index (χ3v) is 5.41. The monoisotopic (exact) mass is 482 g/mol. The number of carbonyl (C=O) groups is 4.